The van der Waals surface area contributed by atoms with Gasteiger partial charge in [-0.15, -0.1) is 0 Å². The second-order valence-electron chi connectivity index (χ2n) is 17.5. The summed E-state index contributed by atoms with van der Waals surface area (Å²) in [6, 6.07) is 12.4. The number of likely N-dealkylation sites (N-methyl/N-ethyl adjacent to an activating group) is 1. The summed E-state index contributed by atoms with van der Waals surface area (Å²) in [5.74, 6) is -1.45. The monoisotopic (exact) mass is 773 g/mol. The number of carbonyl (C=O) groups is 5. The first-order valence-electron chi connectivity index (χ1n) is 20.4. The van der Waals surface area contributed by atoms with Crippen molar-refractivity contribution in [1.29, 1.82) is 0 Å². The van der Waals surface area contributed by atoms with E-state index in [1.54, 1.807) is 17.0 Å². The van der Waals surface area contributed by atoms with Crippen LogP contribution in [-0.2, 0) is 27.2 Å². The Morgan fingerprint density at radius 3 is 2.53 bits per heavy atom. The van der Waals surface area contributed by atoms with Gasteiger partial charge in [0, 0.05) is 92.8 Å². The molecule has 3 fully saturated rings. The molecule has 0 radical (unpaired) electrons. The van der Waals surface area contributed by atoms with Crippen LogP contribution in [0.15, 0.2) is 42.5 Å². The van der Waals surface area contributed by atoms with Gasteiger partial charge in [0.05, 0.1) is 22.9 Å². The number of anilines is 2. The second kappa shape index (κ2) is 14.2. The molecule has 298 valence electrons. The number of aromatic nitrogens is 3. The molecule has 4 aromatic rings. The molecule has 2 aromatic carbocycles. The van der Waals surface area contributed by atoms with Crippen LogP contribution in [0.3, 0.4) is 0 Å². The zero-order valence-corrected chi connectivity index (χ0v) is 33.2. The molecular weight excluding hydrogens is 723 g/mol. The van der Waals surface area contributed by atoms with Crippen molar-refractivity contribution < 1.29 is 24.0 Å². The van der Waals surface area contributed by atoms with Gasteiger partial charge in [-0.1, -0.05) is 19.9 Å². The number of nitrogens with zero attached hydrogens (tertiary/aromatic N) is 6. The van der Waals surface area contributed by atoms with Crippen molar-refractivity contribution >= 4 is 51.8 Å². The Balaban J connectivity index is 0.774. The summed E-state index contributed by atoms with van der Waals surface area (Å²) < 4.78 is 0. The van der Waals surface area contributed by atoms with Crippen molar-refractivity contribution in [3.05, 3.63) is 64.8 Å². The lowest BCUT2D eigenvalue weighted by atomic mass is 9.76. The number of imide groups is 2. The Labute approximate surface area is 331 Å². The number of benzene rings is 2. The summed E-state index contributed by atoms with van der Waals surface area (Å²) in [6.07, 6.45) is 4.40. The molecule has 0 bridgehead atoms. The maximum absolute atomic E-state index is 13.8. The Morgan fingerprint density at radius 1 is 0.947 bits per heavy atom. The third-order valence-corrected chi connectivity index (χ3v) is 13.1. The van der Waals surface area contributed by atoms with Crippen molar-refractivity contribution in [2.75, 3.05) is 62.7 Å². The lowest BCUT2D eigenvalue weighted by Gasteiger charge is -2.39. The molecule has 0 spiro atoms. The fourth-order valence-electron chi connectivity index (χ4n) is 9.66. The molecule has 5 aliphatic rings. The van der Waals surface area contributed by atoms with E-state index in [9.17, 15) is 24.0 Å². The van der Waals surface area contributed by atoms with Crippen LogP contribution < -0.4 is 15.1 Å². The molecule has 3 saturated heterocycles. The van der Waals surface area contributed by atoms with Gasteiger partial charge in [-0.25, -0.2) is 0 Å². The highest BCUT2D eigenvalue weighted by Crippen LogP contribution is 2.39. The number of fused-ring (bicyclic) bond motifs is 3. The number of nitrogens with one attached hydrogen (secondary N) is 3. The standard InChI is InChI=1S/C43H51N9O5/c1-25(40(55)48(4)28-6-5-27-19-34(44-33(27)21-28)38-31-11-13-43(2,3)22-35(31)46-47-38)50-17-15-49(16-18-50)23-26-12-14-51(24-26)29-7-8-30-32(20-29)42(57)52(41(30)56)36-9-10-37(53)45-39(36)54/h5-8,19-21,25-26,36,44H,9-18,22-24H2,1-4H3,(H,46,47)(H,45,53,54)/t25-,26+,36?/m0/s1. The number of rotatable bonds is 8. The van der Waals surface area contributed by atoms with Crippen LogP contribution in [0, 0.1) is 11.3 Å². The Morgan fingerprint density at radius 2 is 1.74 bits per heavy atom. The van der Waals surface area contributed by atoms with Crippen LogP contribution in [0.4, 0.5) is 11.4 Å². The average Bonchev–Trinajstić information content (AvgIpc) is 3.99. The van der Waals surface area contributed by atoms with E-state index in [1.807, 2.05) is 26.1 Å². The molecule has 57 heavy (non-hydrogen) atoms. The van der Waals surface area contributed by atoms with E-state index in [2.05, 4.69) is 62.1 Å². The van der Waals surface area contributed by atoms with E-state index in [-0.39, 0.29) is 30.2 Å². The van der Waals surface area contributed by atoms with E-state index in [4.69, 9.17) is 5.10 Å². The lowest BCUT2D eigenvalue weighted by molar-refractivity contribution is -0.136. The number of aromatic amines is 2. The van der Waals surface area contributed by atoms with Crippen molar-refractivity contribution in [1.82, 2.24) is 35.2 Å². The van der Waals surface area contributed by atoms with Crippen LogP contribution in [0.5, 0.6) is 0 Å². The fourth-order valence-corrected chi connectivity index (χ4v) is 9.66. The minimum Gasteiger partial charge on any atom is -0.371 e. The van der Waals surface area contributed by atoms with E-state index in [1.165, 1.54) is 11.3 Å². The SMILES string of the molecule is C[C@@H](C(=O)N(C)c1ccc2cc(-c3n[nH]c4c3CCC(C)(C)C4)[nH]c2c1)N1CCN(C[C@H]2CCN(c3ccc4c(c3)C(=O)N(C3CCC(=O)NC3=O)C4=O)C2)CC1. The van der Waals surface area contributed by atoms with Crippen LogP contribution >= 0.6 is 0 Å². The van der Waals surface area contributed by atoms with Crippen LogP contribution in [-0.4, -0.2) is 124 Å². The molecule has 14 heteroatoms. The van der Waals surface area contributed by atoms with Crippen molar-refractivity contribution in [2.45, 2.75) is 71.4 Å². The molecule has 9 rings (SSSR count). The molecular formula is C43H51N9O5. The maximum Gasteiger partial charge on any atom is 0.262 e. The maximum atomic E-state index is 13.8. The molecule has 3 N–H and O–H groups in total. The van der Waals surface area contributed by atoms with E-state index in [0.29, 0.717) is 17.0 Å². The summed E-state index contributed by atoms with van der Waals surface area (Å²) in [7, 11) is 1.86. The minimum absolute atomic E-state index is 0.0692. The Bertz CT molecular complexity index is 2300. The molecule has 6 heterocycles. The lowest BCUT2D eigenvalue weighted by Crippen LogP contribution is -2.54. The molecule has 1 unspecified atom stereocenters. The molecule has 4 aliphatic heterocycles. The Hall–Kier alpha value is -5.34. The van der Waals surface area contributed by atoms with Gasteiger partial charge in [-0.2, -0.15) is 5.10 Å². The predicted molar refractivity (Wildman–Crippen MR) is 216 cm³/mol. The van der Waals surface area contributed by atoms with E-state index < -0.39 is 29.7 Å². The number of H-pyrrole nitrogens is 2. The van der Waals surface area contributed by atoms with Gasteiger partial charge in [-0.05, 0) is 86.8 Å². The van der Waals surface area contributed by atoms with Gasteiger partial charge < -0.3 is 19.7 Å². The van der Waals surface area contributed by atoms with Gasteiger partial charge in [0.1, 0.15) is 11.7 Å². The summed E-state index contributed by atoms with van der Waals surface area (Å²) in [5.41, 5.74) is 8.16. The zero-order chi connectivity index (χ0) is 39.7. The average molecular weight is 774 g/mol. The van der Waals surface area contributed by atoms with Gasteiger partial charge in [0.15, 0.2) is 0 Å². The highest BCUT2D eigenvalue weighted by molar-refractivity contribution is 6.23. The number of amides is 5. The molecule has 2 aromatic heterocycles. The molecule has 0 saturated carbocycles. The largest absolute Gasteiger partial charge is 0.371 e. The number of hydrogen-bond acceptors (Lipinski definition) is 9. The first kappa shape index (κ1) is 37.2. The normalized spacial score (nSPS) is 23.2. The van der Waals surface area contributed by atoms with Gasteiger partial charge in [0.25, 0.3) is 11.8 Å². The van der Waals surface area contributed by atoms with Gasteiger partial charge in [0.2, 0.25) is 17.7 Å². The summed E-state index contributed by atoms with van der Waals surface area (Å²) >= 11 is 0. The summed E-state index contributed by atoms with van der Waals surface area (Å²) in [4.78, 5) is 77.9. The highest BCUT2D eigenvalue weighted by Gasteiger charge is 2.45. The third kappa shape index (κ3) is 6.82. The smallest absolute Gasteiger partial charge is 0.262 e. The topological polar surface area (TPSA) is 158 Å². The van der Waals surface area contributed by atoms with Crippen molar-refractivity contribution in [3.63, 3.8) is 0 Å². The summed E-state index contributed by atoms with van der Waals surface area (Å²) in [5, 5.41) is 11.3. The zero-order valence-electron chi connectivity index (χ0n) is 33.2. The number of piperidine rings is 1. The van der Waals surface area contributed by atoms with Crippen LogP contribution in [0.25, 0.3) is 22.3 Å². The molecule has 5 amide bonds. The number of hydrogen-bond donors (Lipinski definition) is 3. The van der Waals surface area contributed by atoms with E-state index in [0.717, 1.165) is 110 Å². The first-order valence-corrected chi connectivity index (χ1v) is 20.4. The van der Waals surface area contributed by atoms with Crippen molar-refractivity contribution in [2.24, 2.45) is 11.3 Å². The van der Waals surface area contributed by atoms with Gasteiger partial charge >= 0.3 is 0 Å². The summed E-state index contributed by atoms with van der Waals surface area (Å²) in [6.45, 7) is 12.7. The highest BCUT2D eigenvalue weighted by atomic mass is 16.2. The number of carbonyl (C=O) groups excluding carboxylic acids is 5. The Kier molecular flexibility index (Phi) is 9.31. The minimum atomic E-state index is -0.974. The second-order valence-corrected chi connectivity index (χ2v) is 17.5. The van der Waals surface area contributed by atoms with E-state index >= 15 is 0 Å². The molecule has 3 atom stereocenters. The van der Waals surface area contributed by atoms with Crippen molar-refractivity contribution in [3.8, 4) is 11.4 Å². The molecule has 1 aliphatic carbocycles. The molecule has 14 nitrogen and oxygen atoms in total. The van der Waals surface area contributed by atoms with Crippen LogP contribution in [0.1, 0.15) is 78.4 Å². The fraction of sp³-hybridized carbons (Fsp3) is 0.488. The number of piperazine rings is 1. The van der Waals surface area contributed by atoms with Crippen LogP contribution in [0.2, 0.25) is 0 Å². The first-order chi connectivity index (χ1) is 27.3. The predicted octanol–water partition coefficient (Wildman–Crippen LogP) is 3.97. The van der Waals surface area contributed by atoms with Gasteiger partial charge in [-0.3, -0.25) is 44.2 Å². The quantitative estimate of drug-likeness (QED) is 0.226. The third-order valence-electron chi connectivity index (χ3n) is 13.1.